The molecule has 3 nitrogen and oxygen atoms in total. The van der Waals surface area contributed by atoms with Gasteiger partial charge in [0.05, 0.1) is 14.2 Å². The average molecular weight is 221 g/mol. The molecule has 1 aliphatic rings. The molecule has 1 aromatic rings. The molecule has 1 unspecified atom stereocenters. The van der Waals surface area contributed by atoms with Crippen LogP contribution in [0.25, 0.3) is 0 Å². The van der Waals surface area contributed by atoms with Gasteiger partial charge in [-0.1, -0.05) is 0 Å². The van der Waals surface area contributed by atoms with E-state index >= 15 is 0 Å². The Morgan fingerprint density at radius 3 is 2.44 bits per heavy atom. The molecule has 0 aliphatic carbocycles. The third-order valence-corrected chi connectivity index (χ3v) is 3.27. The molecule has 0 aromatic heterocycles. The molecule has 1 N–H and O–H groups in total. The van der Waals surface area contributed by atoms with Crippen molar-refractivity contribution in [3.8, 4) is 11.5 Å². The van der Waals surface area contributed by atoms with Gasteiger partial charge in [0.25, 0.3) is 0 Å². The summed E-state index contributed by atoms with van der Waals surface area (Å²) >= 11 is 0. The van der Waals surface area contributed by atoms with Gasteiger partial charge in [-0.2, -0.15) is 0 Å². The van der Waals surface area contributed by atoms with Crippen LogP contribution in [0.2, 0.25) is 0 Å². The summed E-state index contributed by atoms with van der Waals surface area (Å²) in [5.41, 5.74) is 2.66. The maximum absolute atomic E-state index is 5.35. The quantitative estimate of drug-likeness (QED) is 0.847. The van der Waals surface area contributed by atoms with Gasteiger partial charge in [-0.05, 0) is 49.1 Å². The number of ether oxygens (including phenoxy) is 2. The maximum Gasteiger partial charge on any atom is 0.161 e. The van der Waals surface area contributed by atoms with Crippen LogP contribution in [0.4, 0.5) is 0 Å². The molecule has 3 heteroatoms. The Morgan fingerprint density at radius 1 is 1.19 bits per heavy atom. The van der Waals surface area contributed by atoms with E-state index in [0.29, 0.717) is 5.92 Å². The lowest BCUT2D eigenvalue weighted by atomic mass is 9.93. The SMILES string of the molecule is COc1cc(C)c(C2CCNC2)cc1OC. The zero-order valence-electron chi connectivity index (χ0n) is 10.2. The topological polar surface area (TPSA) is 30.5 Å². The molecule has 1 heterocycles. The van der Waals surface area contributed by atoms with E-state index in [0.717, 1.165) is 24.6 Å². The first-order chi connectivity index (χ1) is 7.76. The van der Waals surface area contributed by atoms with Gasteiger partial charge in [-0.25, -0.2) is 0 Å². The molecular formula is C13H19NO2. The second kappa shape index (κ2) is 4.74. The van der Waals surface area contributed by atoms with Crippen LogP contribution in [0.1, 0.15) is 23.5 Å². The van der Waals surface area contributed by atoms with Crippen molar-refractivity contribution in [2.75, 3.05) is 27.3 Å². The predicted octanol–water partition coefficient (Wildman–Crippen LogP) is 2.09. The first-order valence-corrected chi connectivity index (χ1v) is 5.69. The molecular weight excluding hydrogens is 202 g/mol. The van der Waals surface area contributed by atoms with Crippen molar-refractivity contribution >= 4 is 0 Å². The summed E-state index contributed by atoms with van der Waals surface area (Å²) in [5, 5.41) is 3.39. The second-order valence-electron chi connectivity index (χ2n) is 4.25. The zero-order chi connectivity index (χ0) is 11.5. The molecule has 1 atom stereocenters. The van der Waals surface area contributed by atoms with E-state index in [2.05, 4.69) is 24.4 Å². The van der Waals surface area contributed by atoms with E-state index in [1.807, 2.05) is 0 Å². The summed E-state index contributed by atoms with van der Waals surface area (Å²) in [6.45, 7) is 4.31. The minimum Gasteiger partial charge on any atom is -0.493 e. The summed E-state index contributed by atoms with van der Waals surface area (Å²) in [5.74, 6) is 2.25. The van der Waals surface area contributed by atoms with Crippen molar-refractivity contribution in [1.82, 2.24) is 5.32 Å². The molecule has 1 aliphatic heterocycles. The van der Waals surface area contributed by atoms with Gasteiger partial charge in [-0.3, -0.25) is 0 Å². The van der Waals surface area contributed by atoms with Gasteiger partial charge in [0.2, 0.25) is 0 Å². The first kappa shape index (κ1) is 11.3. The van der Waals surface area contributed by atoms with Crippen molar-refractivity contribution in [1.29, 1.82) is 0 Å². The highest BCUT2D eigenvalue weighted by Gasteiger charge is 2.20. The number of rotatable bonds is 3. The largest absolute Gasteiger partial charge is 0.493 e. The van der Waals surface area contributed by atoms with Crippen LogP contribution in [0.5, 0.6) is 11.5 Å². The highest BCUT2D eigenvalue weighted by atomic mass is 16.5. The molecule has 2 rings (SSSR count). The Hall–Kier alpha value is -1.22. The van der Waals surface area contributed by atoms with Crippen LogP contribution >= 0.6 is 0 Å². The molecule has 1 aromatic carbocycles. The molecule has 0 spiro atoms. The Balaban J connectivity index is 2.37. The fourth-order valence-corrected chi connectivity index (χ4v) is 2.36. The molecule has 16 heavy (non-hydrogen) atoms. The lowest BCUT2D eigenvalue weighted by Gasteiger charge is -2.16. The molecule has 1 fully saturated rings. The van der Waals surface area contributed by atoms with Crippen LogP contribution in [0, 0.1) is 6.92 Å². The number of hydrogen-bond acceptors (Lipinski definition) is 3. The van der Waals surface area contributed by atoms with Gasteiger partial charge in [-0.15, -0.1) is 0 Å². The van der Waals surface area contributed by atoms with Crippen LogP contribution in [-0.4, -0.2) is 27.3 Å². The monoisotopic (exact) mass is 221 g/mol. The van der Waals surface area contributed by atoms with Crippen molar-refractivity contribution in [2.24, 2.45) is 0 Å². The number of nitrogens with one attached hydrogen (secondary N) is 1. The van der Waals surface area contributed by atoms with Gasteiger partial charge in [0.1, 0.15) is 0 Å². The fraction of sp³-hybridized carbons (Fsp3) is 0.538. The van der Waals surface area contributed by atoms with Crippen LogP contribution in [-0.2, 0) is 0 Å². The fourth-order valence-electron chi connectivity index (χ4n) is 2.36. The molecule has 0 bridgehead atoms. The Kier molecular flexibility index (Phi) is 3.34. The number of benzene rings is 1. The summed E-state index contributed by atoms with van der Waals surface area (Å²) in [4.78, 5) is 0. The van der Waals surface area contributed by atoms with E-state index in [1.54, 1.807) is 14.2 Å². The minimum absolute atomic E-state index is 0.611. The average Bonchev–Trinajstić information content (AvgIpc) is 2.82. The van der Waals surface area contributed by atoms with E-state index in [-0.39, 0.29) is 0 Å². The molecule has 1 saturated heterocycles. The lowest BCUT2D eigenvalue weighted by molar-refractivity contribution is 0.354. The van der Waals surface area contributed by atoms with Crippen LogP contribution in [0.15, 0.2) is 12.1 Å². The minimum atomic E-state index is 0.611. The van der Waals surface area contributed by atoms with Gasteiger partial charge in [0.15, 0.2) is 11.5 Å². The second-order valence-corrected chi connectivity index (χ2v) is 4.25. The number of hydrogen-bond donors (Lipinski definition) is 1. The third kappa shape index (κ3) is 2.00. The first-order valence-electron chi connectivity index (χ1n) is 5.69. The standard InChI is InChI=1S/C13H19NO2/c1-9-6-12(15-2)13(16-3)7-11(9)10-4-5-14-8-10/h6-7,10,14H,4-5,8H2,1-3H3. The van der Waals surface area contributed by atoms with Crippen LogP contribution in [0.3, 0.4) is 0 Å². The summed E-state index contributed by atoms with van der Waals surface area (Å²) in [7, 11) is 3.36. The summed E-state index contributed by atoms with van der Waals surface area (Å²) in [6, 6.07) is 4.18. The van der Waals surface area contributed by atoms with E-state index < -0.39 is 0 Å². The smallest absolute Gasteiger partial charge is 0.161 e. The number of aryl methyl sites for hydroxylation is 1. The van der Waals surface area contributed by atoms with Crippen molar-refractivity contribution in [3.63, 3.8) is 0 Å². The number of methoxy groups -OCH3 is 2. The van der Waals surface area contributed by atoms with E-state index in [4.69, 9.17) is 9.47 Å². The Bertz CT molecular complexity index is 370. The van der Waals surface area contributed by atoms with Gasteiger partial charge in [0, 0.05) is 6.54 Å². The van der Waals surface area contributed by atoms with Gasteiger partial charge < -0.3 is 14.8 Å². The lowest BCUT2D eigenvalue weighted by Crippen LogP contribution is -2.09. The Morgan fingerprint density at radius 2 is 1.88 bits per heavy atom. The Labute approximate surface area is 96.8 Å². The molecule has 0 saturated carbocycles. The molecule has 88 valence electrons. The summed E-state index contributed by atoms with van der Waals surface area (Å²) in [6.07, 6.45) is 1.20. The third-order valence-electron chi connectivity index (χ3n) is 3.27. The zero-order valence-corrected chi connectivity index (χ0v) is 10.2. The van der Waals surface area contributed by atoms with E-state index in [9.17, 15) is 0 Å². The van der Waals surface area contributed by atoms with Crippen LogP contribution < -0.4 is 14.8 Å². The van der Waals surface area contributed by atoms with E-state index in [1.165, 1.54) is 17.5 Å². The maximum atomic E-state index is 5.35. The normalized spacial score (nSPS) is 19.8. The predicted molar refractivity (Wildman–Crippen MR) is 64.5 cm³/mol. The van der Waals surface area contributed by atoms with Crippen molar-refractivity contribution < 1.29 is 9.47 Å². The molecule has 0 radical (unpaired) electrons. The highest BCUT2D eigenvalue weighted by Crippen LogP contribution is 2.35. The summed E-state index contributed by atoms with van der Waals surface area (Å²) < 4.78 is 10.6. The van der Waals surface area contributed by atoms with Gasteiger partial charge >= 0.3 is 0 Å². The molecule has 0 amide bonds. The van der Waals surface area contributed by atoms with Crippen molar-refractivity contribution in [3.05, 3.63) is 23.3 Å². The van der Waals surface area contributed by atoms with Crippen molar-refractivity contribution in [2.45, 2.75) is 19.3 Å². The highest BCUT2D eigenvalue weighted by molar-refractivity contribution is 5.48.